The molecule has 7 heteroatoms. The van der Waals surface area contributed by atoms with Crippen molar-refractivity contribution in [3.8, 4) is 0 Å². The van der Waals surface area contributed by atoms with E-state index >= 15 is 0 Å². The van der Waals surface area contributed by atoms with E-state index in [1.807, 2.05) is 0 Å². The first-order valence-electron chi connectivity index (χ1n) is 4.90. The van der Waals surface area contributed by atoms with Gasteiger partial charge in [0, 0.05) is 13.0 Å². The van der Waals surface area contributed by atoms with Gasteiger partial charge in [0.15, 0.2) is 11.6 Å². The second-order valence-electron chi connectivity index (χ2n) is 3.52. The van der Waals surface area contributed by atoms with Gasteiger partial charge in [-0.1, -0.05) is 6.07 Å². The standard InChI is InChI=1S/C11H7BrN2O4/c1-6-13-9(11(15)18-6)4-7-2-3-8(12)10(5-7)14(16)17/h2-5H,1H3/b9-4-. The van der Waals surface area contributed by atoms with Crippen molar-refractivity contribution >= 4 is 39.6 Å². The van der Waals surface area contributed by atoms with Gasteiger partial charge in [-0.05, 0) is 33.6 Å². The highest BCUT2D eigenvalue weighted by atomic mass is 79.9. The van der Waals surface area contributed by atoms with Crippen LogP contribution in [0.25, 0.3) is 6.08 Å². The van der Waals surface area contributed by atoms with Crippen LogP contribution in [0, 0.1) is 10.1 Å². The molecule has 92 valence electrons. The molecule has 1 heterocycles. The van der Waals surface area contributed by atoms with Crippen LogP contribution in [0.2, 0.25) is 0 Å². The normalized spacial score (nSPS) is 16.7. The molecule has 6 nitrogen and oxygen atoms in total. The highest BCUT2D eigenvalue weighted by Crippen LogP contribution is 2.27. The van der Waals surface area contributed by atoms with E-state index in [0.717, 1.165) is 0 Å². The monoisotopic (exact) mass is 310 g/mol. The van der Waals surface area contributed by atoms with Crippen LogP contribution in [0.3, 0.4) is 0 Å². The predicted molar refractivity (Wildman–Crippen MR) is 68.0 cm³/mol. The van der Waals surface area contributed by atoms with Crippen molar-refractivity contribution in [2.45, 2.75) is 6.92 Å². The number of aliphatic imine (C=N–C) groups is 1. The first-order chi connectivity index (χ1) is 8.47. The van der Waals surface area contributed by atoms with E-state index in [1.54, 1.807) is 19.1 Å². The summed E-state index contributed by atoms with van der Waals surface area (Å²) in [6.07, 6.45) is 1.44. The number of nitro groups is 1. The molecule has 0 fully saturated rings. The zero-order valence-corrected chi connectivity index (χ0v) is 10.8. The van der Waals surface area contributed by atoms with Crippen molar-refractivity contribution in [1.82, 2.24) is 0 Å². The van der Waals surface area contributed by atoms with Crippen molar-refractivity contribution in [3.05, 3.63) is 44.0 Å². The van der Waals surface area contributed by atoms with Gasteiger partial charge in [-0.25, -0.2) is 9.79 Å². The highest BCUT2D eigenvalue weighted by Gasteiger charge is 2.20. The van der Waals surface area contributed by atoms with E-state index in [1.165, 1.54) is 12.1 Å². The number of esters is 1. The number of carbonyl (C=O) groups is 1. The SMILES string of the molecule is CC1=N/C(=C\c2ccc(Br)c([N+](=O)[O-])c2)C(=O)O1. The molecule has 0 radical (unpaired) electrons. The van der Waals surface area contributed by atoms with Crippen LogP contribution in [0.15, 0.2) is 33.4 Å². The minimum atomic E-state index is -0.557. The quantitative estimate of drug-likeness (QED) is 0.364. The zero-order valence-electron chi connectivity index (χ0n) is 9.21. The van der Waals surface area contributed by atoms with E-state index in [-0.39, 0.29) is 17.3 Å². The molecule has 1 aliphatic heterocycles. The summed E-state index contributed by atoms with van der Waals surface area (Å²) in [6, 6.07) is 4.54. The number of nitro benzene ring substituents is 1. The maximum absolute atomic E-state index is 11.3. The van der Waals surface area contributed by atoms with Crippen molar-refractivity contribution in [2.75, 3.05) is 0 Å². The van der Waals surface area contributed by atoms with Gasteiger partial charge in [0.2, 0.25) is 0 Å². The number of cyclic esters (lactones) is 1. The van der Waals surface area contributed by atoms with Gasteiger partial charge in [0.05, 0.1) is 9.40 Å². The molecule has 0 aromatic heterocycles. The smallest absolute Gasteiger partial charge is 0.363 e. The lowest BCUT2D eigenvalue weighted by molar-refractivity contribution is -0.385. The van der Waals surface area contributed by atoms with E-state index in [9.17, 15) is 14.9 Å². The van der Waals surface area contributed by atoms with Gasteiger partial charge in [0.1, 0.15) is 0 Å². The Kier molecular flexibility index (Phi) is 3.24. The fourth-order valence-electron chi connectivity index (χ4n) is 1.43. The summed E-state index contributed by atoms with van der Waals surface area (Å²) in [5.74, 6) is -0.295. The second-order valence-corrected chi connectivity index (χ2v) is 4.37. The highest BCUT2D eigenvalue weighted by molar-refractivity contribution is 9.10. The molecule has 1 aliphatic rings. The molecule has 2 rings (SSSR count). The largest absolute Gasteiger partial charge is 0.407 e. The van der Waals surface area contributed by atoms with Crippen molar-refractivity contribution < 1.29 is 14.5 Å². The number of halogens is 1. The third kappa shape index (κ3) is 2.45. The number of hydrogen-bond acceptors (Lipinski definition) is 5. The number of nitrogens with zero attached hydrogens (tertiary/aromatic N) is 2. The summed E-state index contributed by atoms with van der Waals surface area (Å²) in [4.78, 5) is 25.5. The first kappa shape index (κ1) is 12.4. The van der Waals surface area contributed by atoms with Gasteiger partial charge < -0.3 is 4.74 Å². The molecule has 0 N–H and O–H groups in total. The molecule has 0 unspecified atom stereocenters. The molecule has 0 spiro atoms. The van der Waals surface area contributed by atoms with Crippen molar-refractivity contribution in [1.29, 1.82) is 0 Å². The molecule has 0 bridgehead atoms. The molecule has 0 saturated carbocycles. The summed E-state index contributed by atoms with van der Waals surface area (Å²) in [6.45, 7) is 1.56. The topological polar surface area (TPSA) is 81.8 Å². The lowest BCUT2D eigenvalue weighted by atomic mass is 10.1. The number of benzene rings is 1. The minimum absolute atomic E-state index is 0.0728. The fourth-order valence-corrected chi connectivity index (χ4v) is 1.82. The van der Waals surface area contributed by atoms with Gasteiger partial charge in [-0.2, -0.15) is 0 Å². The van der Waals surface area contributed by atoms with E-state index in [2.05, 4.69) is 20.9 Å². The Morgan fingerprint density at radius 3 is 2.78 bits per heavy atom. The van der Waals surface area contributed by atoms with E-state index in [4.69, 9.17) is 4.74 Å². The lowest BCUT2D eigenvalue weighted by Gasteiger charge is -1.97. The van der Waals surface area contributed by atoms with Gasteiger partial charge in [-0.15, -0.1) is 0 Å². The van der Waals surface area contributed by atoms with E-state index in [0.29, 0.717) is 10.0 Å². The summed E-state index contributed by atoms with van der Waals surface area (Å²) in [7, 11) is 0. The van der Waals surface area contributed by atoms with Crippen LogP contribution in [0.4, 0.5) is 5.69 Å². The van der Waals surface area contributed by atoms with Crippen molar-refractivity contribution in [3.63, 3.8) is 0 Å². The molecular formula is C11H7BrN2O4. The summed E-state index contributed by atoms with van der Waals surface area (Å²) < 4.78 is 5.13. The van der Waals surface area contributed by atoms with Crippen molar-refractivity contribution in [2.24, 2.45) is 4.99 Å². The van der Waals surface area contributed by atoms with Crippen LogP contribution >= 0.6 is 15.9 Å². The Hall–Kier alpha value is -2.02. The molecule has 0 atom stereocenters. The molecule has 0 aliphatic carbocycles. The Labute approximate surface area is 110 Å². The summed E-state index contributed by atoms with van der Waals surface area (Å²) >= 11 is 3.08. The van der Waals surface area contributed by atoms with Crippen LogP contribution in [-0.4, -0.2) is 16.8 Å². The number of hydrogen-bond donors (Lipinski definition) is 0. The second kappa shape index (κ2) is 4.69. The summed E-state index contributed by atoms with van der Waals surface area (Å²) in [5.41, 5.74) is 0.566. The fraction of sp³-hybridized carbons (Fsp3) is 0.0909. The Bertz CT molecular complexity index is 607. The van der Waals surface area contributed by atoms with E-state index < -0.39 is 10.9 Å². The molecule has 0 amide bonds. The minimum Gasteiger partial charge on any atom is -0.407 e. The Morgan fingerprint density at radius 2 is 2.22 bits per heavy atom. The molecule has 1 aromatic carbocycles. The molecule has 0 saturated heterocycles. The number of carbonyl (C=O) groups excluding carboxylic acids is 1. The lowest BCUT2D eigenvalue weighted by Crippen LogP contribution is -1.99. The maximum Gasteiger partial charge on any atom is 0.363 e. The van der Waals surface area contributed by atoms with Gasteiger partial charge in [0.25, 0.3) is 5.69 Å². The van der Waals surface area contributed by atoms with Crippen LogP contribution in [0.1, 0.15) is 12.5 Å². The first-order valence-corrected chi connectivity index (χ1v) is 5.70. The molecule has 18 heavy (non-hydrogen) atoms. The predicted octanol–water partition coefficient (Wildman–Crippen LogP) is 2.67. The Morgan fingerprint density at radius 1 is 1.50 bits per heavy atom. The number of rotatable bonds is 2. The third-order valence-corrected chi connectivity index (χ3v) is 2.87. The molecule has 1 aromatic rings. The van der Waals surface area contributed by atoms with Crippen LogP contribution in [0.5, 0.6) is 0 Å². The summed E-state index contributed by atoms with van der Waals surface area (Å²) in [5, 5.41) is 10.8. The van der Waals surface area contributed by atoms with Gasteiger partial charge in [-0.3, -0.25) is 10.1 Å². The van der Waals surface area contributed by atoms with Crippen LogP contribution < -0.4 is 0 Å². The zero-order chi connectivity index (χ0) is 13.3. The third-order valence-electron chi connectivity index (χ3n) is 2.20. The van der Waals surface area contributed by atoms with Crippen LogP contribution in [-0.2, 0) is 9.53 Å². The average Bonchev–Trinajstić information content (AvgIpc) is 2.60. The molecular weight excluding hydrogens is 304 g/mol. The van der Waals surface area contributed by atoms with Gasteiger partial charge >= 0.3 is 5.97 Å². The average molecular weight is 311 g/mol. The Balaban J connectivity index is 2.42. The number of ether oxygens (including phenoxy) is 1. The maximum atomic E-state index is 11.3.